The fourth-order valence-electron chi connectivity index (χ4n) is 3.92. The minimum atomic E-state index is -0.363. The zero-order chi connectivity index (χ0) is 20.4. The highest BCUT2D eigenvalue weighted by molar-refractivity contribution is 7.14. The molecule has 0 saturated heterocycles. The number of amides is 2. The number of carbonyl (C=O) groups excluding carboxylic acids is 2. The highest BCUT2D eigenvalue weighted by atomic mass is 32.1. The van der Waals surface area contributed by atoms with Gasteiger partial charge in [-0.3, -0.25) is 14.9 Å². The van der Waals surface area contributed by atoms with Gasteiger partial charge in [0, 0.05) is 5.38 Å². The van der Waals surface area contributed by atoms with Crippen LogP contribution in [-0.4, -0.2) is 16.8 Å². The number of aromatic nitrogens is 1. The van der Waals surface area contributed by atoms with Crippen LogP contribution in [0.3, 0.4) is 0 Å². The third-order valence-electron chi connectivity index (χ3n) is 5.37. The van der Waals surface area contributed by atoms with Gasteiger partial charge in [0.2, 0.25) is 5.91 Å². The third kappa shape index (κ3) is 4.10. The molecule has 0 spiro atoms. The number of furan rings is 1. The lowest BCUT2D eigenvalue weighted by Gasteiger charge is -2.36. The highest BCUT2D eigenvalue weighted by Gasteiger charge is 2.33. The largest absolute Gasteiger partial charge is 0.469 e. The van der Waals surface area contributed by atoms with Crippen LogP contribution in [0.1, 0.15) is 52.7 Å². The molecule has 2 amide bonds. The van der Waals surface area contributed by atoms with Crippen LogP contribution in [0.5, 0.6) is 0 Å². The molecule has 1 aliphatic carbocycles. The van der Waals surface area contributed by atoms with Crippen LogP contribution in [0.25, 0.3) is 0 Å². The first kappa shape index (κ1) is 19.4. The van der Waals surface area contributed by atoms with Crippen molar-refractivity contribution < 1.29 is 14.0 Å². The Bertz CT molecular complexity index is 1060. The van der Waals surface area contributed by atoms with Gasteiger partial charge < -0.3 is 9.73 Å². The summed E-state index contributed by atoms with van der Waals surface area (Å²) in [6, 6.07) is 9.92. The number of nitrogens with one attached hydrogen (secondary N) is 2. The van der Waals surface area contributed by atoms with E-state index < -0.39 is 0 Å². The second-order valence-corrected chi connectivity index (χ2v) is 8.41. The van der Waals surface area contributed by atoms with Gasteiger partial charge >= 0.3 is 0 Å². The van der Waals surface area contributed by atoms with Gasteiger partial charge in [-0.25, -0.2) is 4.98 Å². The molecule has 0 aliphatic heterocycles. The summed E-state index contributed by atoms with van der Waals surface area (Å²) in [5.41, 5.74) is 3.25. The second kappa shape index (κ2) is 7.83. The molecule has 3 aromatic rings. The predicted molar refractivity (Wildman–Crippen MR) is 112 cm³/mol. The summed E-state index contributed by atoms with van der Waals surface area (Å²) in [6.07, 6.45) is 4.67. The van der Waals surface area contributed by atoms with Crippen molar-refractivity contribution in [3.05, 3.63) is 70.1 Å². The Labute approximate surface area is 173 Å². The Hall–Kier alpha value is -2.93. The molecule has 1 atom stereocenters. The van der Waals surface area contributed by atoms with Crippen molar-refractivity contribution in [1.82, 2.24) is 10.3 Å². The van der Waals surface area contributed by atoms with E-state index in [4.69, 9.17) is 4.42 Å². The van der Waals surface area contributed by atoms with E-state index in [1.165, 1.54) is 28.7 Å². The number of aryl methyl sites for hydroxylation is 2. The summed E-state index contributed by atoms with van der Waals surface area (Å²) in [4.78, 5) is 29.4. The van der Waals surface area contributed by atoms with Gasteiger partial charge in [-0.05, 0) is 50.3 Å². The molecule has 150 valence electrons. The summed E-state index contributed by atoms with van der Waals surface area (Å²) < 4.78 is 5.16. The number of anilines is 1. The van der Waals surface area contributed by atoms with Crippen molar-refractivity contribution in [2.45, 2.75) is 45.1 Å². The Balaban J connectivity index is 1.40. The molecule has 6 nitrogen and oxygen atoms in total. The number of hydrogen-bond acceptors (Lipinski definition) is 5. The Kier molecular flexibility index (Phi) is 5.24. The van der Waals surface area contributed by atoms with Gasteiger partial charge in [0.25, 0.3) is 5.91 Å². The lowest BCUT2D eigenvalue weighted by molar-refractivity contribution is -0.122. The number of fused-ring (bicyclic) bond motifs is 1. The first-order valence-corrected chi connectivity index (χ1v) is 10.5. The maximum atomic E-state index is 12.7. The fourth-order valence-corrected chi connectivity index (χ4v) is 4.63. The quantitative estimate of drug-likeness (QED) is 0.661. The molecule has 0 saturated carbocycles. The molecule has 0 bridgehead atoms. The molecule has 2 N–H and O–H groups in total. The zero-order valence-electron chi connectivity index (χ0n) is 16.5. The van der Waals surface area contributed by atoms with E-state index >= 15 is 0 Å². The number of thiazole rings is 1. The van der Waals surface area contributed by atoms with Crippen LogP contribution >= 0.6 is 11.3 Å². The number of carbonyl (C=O) groups is 2. The van der Waals surface area contributed by atoms with Gasteiger partial charge in [-0.2, -0.15) is 0 Å². The maximum Gasteiger partial charge on any atom is 0.260 e. The summed E-state index contributed by atoms with van der Waals surface area (Å²) >= 11 is 1.30. The summed E-state index contributed by atoms with van der Waals surface area (Å²) in [5, 5.41) is 8.23. The SMILES string of the molecule is Cc1occc1C(=O)Nc1nc(CC(=O)N[C@@]2(C)CCCc3ccccc32)cs1. The van der Waals surface area contributed by atoms with E-state index in [2.05, 4.69) is 34.7 Å². The van der Waals surface area contributed by atoms with Gasteiger partial charge in [-0.15, -0.1) is 11.3 Å². The van der Waals surface area contributed by atoms with E-state index in [1.807, 2.05) is 12.1 Å². The van der Waals surface area contributed by atoms with Crippen molar-refractivity contribution >= 4 is 28.3 Å². The molecule has 7 heteroatoms. The molecular weight excluding hydrogens is 386 g/mol. The normalized spacial score (nSPS) is 18.1. The topological polar surface area (TPSA) is 84.2 Å². The summed E-state index contributed by atoms with van der Waals surface area (Å²) in [5.74, 6) is 0.214. The van der Waals surface area contributed by atoms with Crippen molar-refractivity contribution in [3.8, 4) is 0 Å². The molecule has 2 aromatic heterocycles. The average Bonchev–Trinajstić information content (AvgIpc) is 3.30. The van der Waals surface area contributed by atoms with Gasteiger partial charge in [0.1, 0.15) is 5.76 Å². The van der Waals surface area contributed by atoms with E-state index in [0.29, 0.717) is 22.1 Å². The number of rotatable bonds is 5. The third-order valence-corrected chi connectivity index (χ3v) is 6.17. The lowest BCUT2D eigenvalue weighted by Crippen LogP contribution is -2.46. The van der Waals surface area contributed by atoms with Crippen LogP contribution in [0.4, 0.5) is 5.13 Å². The molecule has 29 heavy (non-hydrogen) atoms. The minimum absolute atomic E-state index is 0.0712. The molecule has 1 aliphatic rings. The highest BCUT2D eigenvalue weighted by Crippen LogP contribution is 2.35. The zero-order valence-corrected chi connectivity index (χ0v) is 17.3. The first-order valence-electron chi connectivity index (χ1n) is 9.64. The molecule has 4 rings (SSSR count). The van der Waals surface area contributed by atoms with Gasteiger partial charge in [0.05, 0.1) is 29.5 Å². The van der Waals surface area contributed by atoms with E-state index in [9.17, 15) is 9.59 Å². The lowest BCUT2D eigenvalue weighted by atomic mass is 9.77. The van der Waals surface area contributed by atoms with Gasteiger partial charge in [-0.1, -0.05) is 24.3 Å². The summed E-state index contributed by atoms with van der Waals surface area (Å²) in [6.45, 7) is 3.82. The van der Waals surface area contributed by atoms with Crippen LogP contribution < -0.4 is 10.6 Å². The second-order valence-electron chi connectivity index (χ2n) is 7.56. The van der Waals surface area contributed by atoms with E-state index in [0.717, 1.165) is 19.3 Å². The first-order chi connectivity index (χ1) is 13.9. The summed E-state index contributed by atoms with van der Waals surface area (Å²) in [7, 11) is 0. The molecular formula is C22H23N3O3S. The molecule has 1 aromatic carbocycles. The number of hydrogen-bond donors (Lipinski definition) is 2. The number of nitrogens with zero attached hydrogens (tertiary/aromatic N) is 1. The Morgan fingerprint density at radius 1 is 1.28 bits per heavy atom. The fraction of sp³-hybridized carbons (Fsp3) is 0.318. The van der Waals surface area contributed by atoms with Crippen LogP contribution in [-0.2, 0) is 23.2 Å². The van der Waals surface area contributed by atoms with Gasteiger partial charge in [0.15, 0.2) is 5.13 Å². The smallest absolute Gasteiger partial charge is 0.260 e. The molecule has 0 radical (unpaired) electrons. The maximum absolute atomic E-state index is 12.7. The minimum Gasteiger partial charge on any atom is -0.469 e. The molecule has 2 heterocycles. The van der Waals surface area contributed by atoms with Crippen LogP contribution in [0.2, 0.25) is 0 Å². The monoisotopic (exact) mass is 409 g/mol. The Morgan fingerprint density at radius 2 is 2.10 bits per heavy atom. The van der Waals surface area contributed by atoms with Crippen molar-refractivity contribution in [2.75, 3.05) is 5.32 Å². The van der Waals surface area contributed by atoms with Crippen LogP contribution in [0, 0.1) is 6.92 Å². The molecule has 0 unspecified atom stereocenters. The molecule has 0 fully saturated rings. The number of benzene rings is 1. The predicted octanol–water partition coefficient (Wildman–Crippen LogP) is 4.21. The van der Waals surface area contributed by atoms with Crippen molar-refractivity contribution in [1.29, 1.82) is 0 Å². The van der Waals surface area contributed by atoms with Crippen LogP contribution in [0.15, 0.2) is 46.4 Å². The Morgan fingerprint density at radius 3 is 2.90 bits per heavy atom. The standard InChI is InChI=1S/C22H23N3O3S/c1-14-17(9-11-28-14)20(27)24-21-23-16(13-29-21)12-19(26)25-22(2)10-5-7-15-6-3-4-8-18(15)22/h3-4,6,8-9,11,13H,5,7,10,12H2,1-2H3,(H,25,26)(H,23,24,27)/t22-/m0/s1. The average molecular weight is 410 g/mol. The van der Waals surface area contributed by atoms with E-state index in [-0.39, 0.29) is 23.8 Å². The van der Waals surface area contributed by atoms with Crippen molar-refractivity contribution in [3.63, 3.8) is 0 Å². The van der Waals surface area contributed by atoms with E-state index in [1.54, 1.807) is 18.4 Å². The van der Waals surface area contributed by atoms with Crippen molar-refractivity contribution in [2.24, 2.45) is 0 Å².